The highest BCUT2D eigenvalue weighted by molar-refractivity contribution is 7.26. The highest BCUT2D eigenvalue weighted by Crippen LogP contribution is 2.41. The molecule has 3 heterocycles. The number of benzene rings is 2. The number of nitrogens with zero attached hydrogens (tertiary/aromatic N) is 2. The normalized spacial score (nSPS) is 11.2. The minimum absolute atomic E-state index is 0.528. The number of rotatable bonds is 7. The van der Waals surface area contributed by atoms with Crippen molar-refractivity contribution in [3.05, 3.63) is 101 Å². The second kappa shape index (κ2) is 9.39. The largest absolute Gasteiger partial charge is 0.489 e. The Bertz CT molecular complexity index is 1260. The monoisotopic (exact) mass is 458 g/mol. The molecule has 0 bridgehead atoms. The predicted molar refractivity (Wildman–Crippen MR) is 132 cm³/mol. The van der Waals surface area contributed by atoms with Crippen LogP contribution >= 0.6 is 34.0 Å². The van der Waals surface area contributed by atoms with Crippen molar-refractivity contribution >= 4 is 45.4 Å². The Balaban J connectivity index is 1.31. The molecule has 0 spiro atoms. The summed E-state index contributed by atoms with van der Waals surface area (Å²) in [5, 5.41) is 12.8. The molecule has 0 atom stereocenters. The molecule has 3 nitrogen and oxygen atoms in total. The molecule has 0 amide bonds. The summed E-state index contributed by atoms with van der Waals surface area (Å²) < 4.78 is 6.12. The molecule has 5 aromatic rings. The van der Waals surface area contributed by atoms with E-state index < -0.39 is 0 Å². The average Bonchev–Trinajstić information content (AvgIpc) is 3.59. The van der Waals surface area contributed by atoms with E-state index in [9.17, 15) is 0 Å². The van der Waals surface area contributed by atoms with Gasteiger partial charge in [-0.15, -0.1) is 34.0 Å². The SMILES string of the molecule is c1ccc(N=Nc2ccc(OCc3cc(-c4cccs4)sc3-c3cccs3)cc2)cc1. The van der Waals surface area contributed by atoms with Crippen LogP contribution in [0.5, 0.6) is 5.75 Å². The highest BCUT2D eigenvalue weighted by atomic mass is 32.1. The van der Waals surface area contributed by atoms with Crippen LogP contribution in [0.2, 0.25) is 0 Å². The minimum atomic E-state index is 0.528. The van der Waals surface area contributed by atoms with Gasteiger partial charge >= 0.3 is 0 Å². The van der Waals surface area contributed by atoms with Crippen LogP contribution in [0, 0.1) is 0 Å². The number of azo groups is 1. The summed E-state index contributed by atoms with van der Waals surface area (Å²) in [4.78, 5) is 5.14. The van der Waals surface area contributed by atoms with Crippen molar-refractivity contribution in [3.8, 4) is 25.3 Å². The van der Waals surface area contributed by atoms with E-state index in [2.05, 4.69) is 51.3 Å². The van der Waals surface area contributed by atoms with Crippen molar-refractivity contribution in [3.63, 3.8) is 0 Å². The molecule has 0 unspecified atom stereocenters. The summed E-state index contributed by atoms with van der Waals surface area (Å²) >= 11 is 5.36. The second-order valence-electron chi connectivity index (χ2n) is 6.74. The first-order valence-electron chi connectivity index (χ1n) is 9.75. The first-order valence-corrected chi connectivity index (χ1v) is 12.3. The van der Waals surface area contributed by atoms with E-state index in [-0.39, 0.29) is 0 Å². The van der Waals surface area contributed by atoms with Gasteiger partial charge in [-0.2, -0.15) is 10.2 Å². The maximum atomic E-state index is 6.12. The zero-order valence-electron chi connectivity index (χ0n) is 16.5. The maximum absolute atomic E-state index is 6.12. The molecule has 0 aliphatic heterocycles. The minimum Gasteiger partial charge on any atom is -0.489 e. The van der Waals surface area contributed by atoms with Gasteiger partial charge in [0.2, 0.25) is 0 Å². The molecule has 0 aliphatic carbocycles. The lowest BCUT2D eigenvalue weighted by Crippen LogP contribution is -1.94. The van der Waals surface area contributed by atoms with Crippen molar-refractivity contribution in [2.75, 3.05) is 0 Å². The lowest BCUT2D eigenvalue weighted by atomic mass is 10.2. The first-order chi connectivity index (χ1) is 15.3. The van der Waals surface area contributed by atoms with E-state index in [1.807, 2.05) is 65.9 Å². The molecular formula is C25H18N2OS3. The standard InChI is InChI=1S/C25H18N2OS3/c1-2-6-19(7-3-1)26-27-20-10-12-21(13-11-20)28-17-18-16-24(22-8-4-14-29-22)31-25(18)23-9-5-15-30-23/h1-16H,17H2. The predicted octanol–water partition coefficient (Wildman–Crippen LogP) is 9.20. The van der Waals surface area contributed by atoms with E-state index >= 15 is 0 Å². The topological polar surface area (TPSA) is 34.0 Å². The maximum Gasteiger partial charge on any atom is 0.119 e. The Morgan fingerprint density at radius 3 is 2.00 bits per heavy atom. The molecule has 0 N–H and O–H groups in total. The molecule has 31 heavy (non-hydrogen) atoms. The Morgan fingerprint density at radius 2 is 1.32 bits per heavy atom. The Hall–Kier alpha value is -3.06. The average molecular weight is 459 g/mol. The lowest BCUT2D eigenvalue weighted by Gasteiger charge is -2.06. The van der Waals surface area contributed by atoms with Crippen LogP contribution in [0.3, 0.4) is 0 Å². The third-order valence-corrected chi connectivity index (χ3v) is 7.88. The molecule has 0 aliphatic rings. The fourth-order valence-electron chi connectivity index (χ4n) is 3.07. The fourth-order valence-corrected chi connectivity index (χ4v) is 5.95. The van der Waals surface area contributed by atoms with Crippen molar-refractivity contribution in [2.45, 2.75) is 6.61 Å². The van der Waals surface area contributed by atoms with Crippen LogP contribution in [0.4, 0.5) is 11.4 Å². The Kier molecular flexibility index (Phi) is 6.02. The summed E-state index contributed by atoms with van der Waals surface area (Å²) in [5.41, 5.74) is 2.85. The van der Waals surface area contributed by atoms with Crippen LogP contribution in [0.25, 0.3) is 19.5 Å². The lowest BCUT2D eigenvalue weighted by molar-refractivity contribution is 0.307. The third-order valence-electron chi connectivity index (χ3n) is 4.59. The van der Waals surface area contributed by atoms with Crippen molar-refractivity contribution in [1.29, 1.82) is 0 Å². The van der Waals surface area contributed by atoms with Gasteiger partial charge in [-0.25, -0.2) is 0 Å². The molecule has 0 saturated carbocycles. The summed E-state index contributed by atoms with van der Waals surface area (Å²) in [6.07, 6.45) is 0. The molecule has 0 radical (unpaired) electrons. The molecule has 0 fully saturated rings. The smallest absolute Gasteiger partial charge is 0.119 e. The number of thiophene rings is 3. The van der Waals surface area contributed by atoms with Crippen molar-refractivity contribution in [2.24, 2.45) is 10.2 Å². The molecule has 152 valence electrons. The van der Waals surface area contributed by atoms with Crippen LogP contribution in [-0.4, -0.2) is 0 Å². The second-order valence-corrected chi connectivity index (χ2v) is 9.69. The Labute approximate surface area is 193 Å². The van der Waals surface area contributed by atoms with Gasteiger partial charge in [-0.1, -0.05) is 30.3 Å². The van der Waals surface area contributed by atoms with Gasteiger partial charge in [0, 0.05) is 20.2 Å². The highest BCUT2D eigenvalue weighted by Gasteiger charge is 2.14. The van der Waals surface area contributed by atoms with Gasteiger partial charge in [-0.05, 0) is 65.4 Å². The molecule has 5 rings (SSSR count). The quantitative estimate of drug-likeness (QED) is 0.224. The van der Waals surface area contributed by atoms with Gasteiger partial charge < -0.3 is 4.74 Å². The molecular weight excluding hydrogens is 440 g/mol. The van der Waals surface area contributed by atoms with E-state index in [1.165, 1.54) is 25.1 Å². The molecule has 2 aromatic carbocycles. The fraction of sp³-hybridized carbons (Fsp3) is 0.0400. The van der Waals surface area contributed by atoms with E-state index in [1.54, 1.807) is 22.7 Å². The van der Waals surface area contributed by atoms with Crippen molar-refractivity contribution in [1.82, 2.24) is 0 Å². The Morgan fingerprint density at radius 1 is 0.645 bits per heavy atom. The number of ether oxygens (including phenoxy) is 1. The van der Waals surface area contributed by atoms with Crippen LogP contribution < -0.4 is 4.74 Å². The van der Waals surface area contributed by atoms with Gasteiger partial charge in [0.1, 0.15) is 12.4 Å². The van der Waals surface area contributed by atoms with Gasteiger partial charge in [-0.3, -0.25) is 0 Å². The van der Waals surface area contributed by atoms with Crippen LogP contribution in [-0.2, 0) is 6.61 Å². The molecule has 0 saturated heterocycles. The summed E-state index contributed by atoms with van der Waals surface area (Å²) in [6.45, 7) is 0.528. The zero-order chi connectivity index (χ0) is 20.9. The molecule has 3 aromatic heterocycles. The van der Waals surface area contributed by atoms with Crippen LogP contribution in [0.1, 0.15) is 5.56 Å². The van der Waals surface area contributed by atoms with Crippen LogP contribution in [0.15, 0.2) is 106 Å². The summed E-state index contributed by atoms with van der Waals surface area (Å²) in [5.74, 6) is 0.819. The van der Waals surface area contributed by atoms with E-state index in [4.69, 9.17) is 4.74 Å². The van der Waals surface area contributed by atoms with E-state index in [0.29, 0.717) is 6.61 Å². The molecule has 6 heteroatoms. The number of hydrogen-bond acceptors (Lipinski definition) is 6. The van der Waals surface area contributed by atoms with Crippen molar-refractivity contribution < 1.29 is 4.74 Å². The van der Waals surface area contributed by atoms with Gasteiger partial charge in [0.25, 0.3) is 0 Å². The summed E-state index contributed by atoms with van der Waals surface area (Å²) in [6, 6.07) is 28.2. The van der Waals surface area contributed by atoms with E-state index in [0.717, 1.165) is 17.1 Å². The first kappa shape index (κ1) is 19.9. The van der Waals surface area contributed by atoms with Gasteiger partial charge in [0.05, 0.1) is 16.3 Å². The zero-order valence-corrected chi connectivity index (χ0v) is 18.9. The summed E-state index contributed by atoms with van der Waals surface area (Å²) in [7, 11) is 0. The van der Waals surface area contributed by atoms with Gasteiger partial charge in [0.15, 0.2) is 0 Å². The third kappa shape index (κ3) is 4.82. The number of hydrogen-bond donors (Lipinski definition) is 0.